The molecule has 2 aromatic rings. The standard InChI is InChI=1S/C17H17F3N2O2/c1-24-15-7-2-4-12(8-15)10-22-16(23)11-21-14-6-3-5-13(9-14)17(18,19)20/h2-9,21H,10-11H2,1H3,(H,22,23). The number of benzene rings is 2. The van der Waals surface area contributed by atoms with Crippen molar-refractivity contribution in [1.82, 2.24) is 5.32 Å². The molecule has 0 atom stereocenters. The molecule has 0 saturated carbocycles. The second-order valence-corrected chi connectivity index (χ2v) is 5.06. The Bertz CT molecular complexity index is 702. The van der Waals surface area contributed by atoms with Gasteiger partial charge in [0.25, 0.3) is 0 Å². The average Bonchev–Trinajstić information content (AvgIpc) is 2.58. The monoisotopic (exact) mass is 338 g/mol. The molecule has 0 spiro atoms. The lowest BCUT2D eigenvalue weighted by molar-refractivity contribution is -0.137. The fourth-order valence-corrected chi connectivity index (χ4v) is 2.03. The molecule has 24 heavy (non-hydrogen) atoms. The number of alkyl halides is 3. The van der Waals surface area contributed by atoms with E-state index in [0.29, 0.717) is 12.3 Å². The Balaban J connectivity index is 1.85. The first-order valence-corrected chi connectivity index (χ1v) is 7.19. The number of hydrogen-bond acceptors (Lipinski definition) is 3. The van der Waals surface area contributed by atoms with Crippen LogP contribution in [-0.4, -0.2) is 19.6 Å². The van der Waals surface area contributed by atoms with Crippen molar-refractivity contribution in [3.63, 3.8) is 0 Å². The van der Waals surface area contributed by atoms with E-state index in [4.69, 9.17) is 4.74 Å². The molecule has 128 valence electrons. The van der Waals surface area contributed by atoms with Crippen LogP contribution >= 0.6 is 0 Å². The molecule has 0 saturated heterocycles. The third kappa shape index (κ3) is 5.19. The van der Waals surface area contributed by atoms with E-state index in [1.54, 1.807) is 25.3 Å². The van der Waals surface area contributed by atoms with Crippen molar-refractivity contribution < 1.29 is 22.7 Å². The predicted molar refractivity (Wildman–Crippen MR) is 84.8 cm³/mol. The average molecular weight is 338 g/mol. The maximum Gasteiger partial charge on any atom is 0.416 e. The molecule has 2 aromatic carbocycles. The lowest BCUT2D eigenvalue weighted by Gasteiger charge is -2.11. The summed E-state index contributed by atoms with van der Waals surface area (Å²) in [5.41, 5.74) is 0.340. The van der Waals surface area contributed by atoms with Crippen molar-refractivity contribution in [3.05, 3.63) is 59.7 Å². The van der Waals surface area contributed by atoms with E-state index in [2.05, 4.69) is 10.6 Å². The first-order chi connectivity index (χ1) is 11.4. The van der Waals surface area contributed by atoms with Crippen LogP contribution in [-0.2, 0) is 17.5 Å². The number of nitrogens with one attached hydrogen (secondary N) is 2. The minimum absolute atomic E-state index is 0.120. The van der Waals surface area contributed by atoms with Gasteiger partial charge in [-0.25, -0.2) is 0 Å². The van der Waals surface area contributed by atoms with Crippen LogP contribution in [0.3, 0.4) is 0 Å². The number of anilines is 1. The molecule has 1 amide bonds. The van der Waals surface area contributed by atoms with Gasteiger partial charge in [0.1, 0.15) is 5.75 Å². The number of halogens is 3. The van der Waals surface area contributed by atoms with E-state index in [-0.39, 0.29) is 18.1 Å². The molecule has 0 unspecified atom stereocenters. The van der Waals surface area contributed by atoms with Crippen molar-refractivity contribution in [2.75, 3.05) is 19.0 Å². The minimum Gasteiger partial charge on any atom is -0.497 e. The summed E-state index contributed by atoms with van der Waals surface area (Å²) in [6.45, 7) is 0.186. The Labute approximate surface area is 137 Å². The molecule has 2 N–H and O–H groups in total. The Hall–Kier alpha value is -2.70. The van der Waals surface area contributed by atoms with E-state index in [1.165, 1.54) is 12.1 Å². The Kier molecular flexibility index (Phi) is 5.68. The second kappa shape index (κ2) is 7.72. The van der Waals surface area contributed by atoms with Crippen molar-refractivity contribution in [2.24, 2.45) is 0 Å². The van der Waals surface area contributed by atoms with Crippen molar-refractivity contribution in [3.8, 4) is 5.75 Å². The fraction of sp³-hybridized carbons (Fsp3) is 0.235. The van der Waals surface area contributed by atoms with Gasteiger partial charge in [-0.05, 0) is 35.9 Å². The van der Waals surface area contributed by atoms with E-state index < -0.39 is 11.7 Å². The van der Waals surface area contributed by atoms with Crippen LogP contribution < -0.4 is 15.4 Å². The lowest BCUT2D eigenvalue weighted by atomic mass is 10.2. The molecule has 0 radical (unpaired) electrons. The second-order valence-electron chi connectivity index (χ2n) is 5.06. The van der Waals surface area contributed by atoms with Crippen LogP contribution in [0.1, 0.15) is 11.1 Å². The summed E-state index contributed by atoms with van der Waals surface area (Å²) >= 11 is 0. The molecule has 2 rings (SSSR count). The minimum atomic E-state index is -4.41. The number of carbonyl (C=O) groups is 1. The van der Waals surface area contributed by atoms with Crippen LogP contribution in [0.5, 0.6) is 5.75 Å². The van der Waals surface area contributed by atoms with Crippen LogP contribution in [0.15, 0.2) is 48.5 Å². The van der Waals surface area contributed by atoms with Crippen LogP contribution in [0, 0.1) is 0 Å². The van der Waals surface area contributed by atoms with Crippen molar-refractivity contribution >= 4 is 11.6 Å². The third-order valence-electron chi connectivity index (χ3n) is 3.27. The largest absolute Gasteiger partial charge is 0.497 e. The highest BCUT2D eigenvalue weighted by molar-refractivity contribution is 5.80. The summed E-state index contributed by atoms with van der Waals surface area (Å²) < 4.78 is 42.9. The zero-order valence-electron chi connectivity index (χ0n) is 13.0. The van der Waals surface area contributed by atoms with E-state index >= 15 is 0 Å². The number of methoxy groups -OCH3 is 1. The van der Waals surface area contributed by atoms with E-state index in [0.717, 1.165) is 17.7 Å². The molecule has 0 aromatic heterocycles. The molecule has 0 fully saturated rings. The van der Waals surface area contributed by atoms with Gasteiger partial charge < -0.3 is 15.4 Å². The summed E-state index contributed by atoms with van der Waals surface area (Å²) in [7, 11) is 1.55. The Morgan fingerprint density at radius 1 is 1.12 bits per heavy atom. The summed E-state index contributed by atoms with van der Waals surface area (Å²) in [6, 6.07) is 11.9. The molecular formula is C17H17F3N2O2. The molecular weight excluding hydrogens is 321 g/mol. The zero-order valence-corrected chi connectivity index (χ0v) is 13.0. The van der Waals surface area contributed by atoms with Gasteiger partial charge in [-0.2, -0.15) is 13.2 Å². The SMILES string of the molecule is COc1cccc(CNC(=O)CNc2cccc(C(F)(F)F)c2)c1. The van der Waals surface area contributed by atoms with Gasteiger partial charge in [-0.3, -0.25) is 4.79 Å². The van der Waals surface area contributed by atoms with Gasteiger partial charge >= 0.3 is 6.18 Å². The topological polar surface area (TPSA) is 50.4 Å². The highest BCUT2D eigenvalue weighted by Gasteiger charge is 2.30. The fourth-order valence-electron chi connectivity index (χ4n) is 2.03. The molecule has 0 heterocycles. The van der Waals surface area contributed by atoms with E-state index in [1.807, 2.05) is 6.07 Å². The quantitative estimate of drug-likeness (QED) is 0.848. The van der Waals surface area contributed by atoms with Gasteiger partial charge in [-0.1, -0.05) is 18.2 Å². The third-order valence-corrected chi connectivity index (χ3v) is 3.27. The highest BCUT2D eigenvalue weighted by Crippen LogP contribution is 2.30. The van der Waals surface area contributed by atoms with E-state index in [9.17, 15) is 18.0 Å². The Morgan fingerprint density at radius 3 is 2.58 bits per heavy atom. The summed E-state index contributed by atoms with van der Waals surface area (Å²) in [4.78, 5) is 11.8. The first kappa shape index (κ1) is 17.7. The molecule has 0 bridgehead atoms. The number of amides is 1. The molecule has 0 aliphatic rings. The van der Waals surface area contributed by atoms with Crippen LogP contribution in [0.25, 0.3) is 0 Å². The van der Waals surface area contributed by atoms with Gasteiger partial charge in [-0.15, -0.1) is 0 Å². The summed E-state index contributed by atoms with van der Waals surface area (Å²) in [5.74, 6) is 0.360. The number of carbonyl (C=O) groups excluding carboxylic acids is 1. The summed E-state index contributed by atoms with van der Waals surface area (Å²) in [6.07, 6.45) is -4.41. The normalized spacial score (nSPS) is 11.0. The van der Waals surface area contributed by atoms with Crippen LogP contribution in [0.4, 0.5) is 18.9 Å². The van der Waals surface area contributed by atoms with Gasteiger partial charge in [0.15, 0.2) is 0 Å². The van der Waals surface area contributed by atoms with Gasteiger partial charge in [0.05, 0.1) is 19.2 Å². The molecule has 4 nitrogen and oxygen atoms in total. The van der Waals surface area contributed by atoms with Crippen molar-refractivity contribution in [2.45, 2.75) is 12.7 Å². The highest BCUT2D eigenvalue weighted by atomic mass is 19.4. The number of ether oxygens (including phenoxy) is 1. The lowest BCUT2D eigenvalue weighted by Crippen LogP contribution is -2.29. The number of rotatable bonds is 6. The van der Waals surface area contributed by atoms with Gasteiger partial charge in [0.2, 0.25) is 5.91 Å². The first-order valence-electron chi connectivity index (χ1n) is 7.19. The number of hydrogen-bond donors (Lipinski definition) is 2. The summed E-state index contributed by atoms with van der Waals surface area (Å²) in [5, 5.41) is 5.37. The van der Waals surface area contributed by atoms with Crippen molar-refractivity contribution in [1.29, 1.82) is 0 Å². The predicted octanol–water partition coefficient (Wildman–Crippen LogP) is 3.44. The molecule has 7 heteroatoms. The molecule has 0 aliphatic carbocycles. The maximum atomic E-state index is 12.6. The van der Waals surface area contributed by atoms with Gasteiger partial charge in [0, 0.05) is 12.2 Å². The molecule has 0 aliphatic heterocycles. The zero-order chi connectivity index (χ0) is 17.6. The Morgan fingerprint density at radius 2 is 1.88 bits per heavy atom. The van der Waals surface area contributed by atoms with Crippen LogP contribution in [0.2, 0.25) is 0 Å². The smallest absolute Gasteiger partial charge is 0.416 e. The maximum absolute atomic E-state index is 12.6.